The van der Waals surface area contributed by atoms with Gasteiger partial charge in [-0.05, 0) is 48.2 Å². The second kappa shape index (κ2) is 3.33. The summed E-state index contributed by atoms with van der Waals surface area (Å²) in [5.74, 6) is 0. The van der Waals surface area contributed by atoms with E-state index < -0.39 is 0 Å². The fraction of sp³-hybridized carbons (Fsp3) is 0.625. The van der Waals surface area contributed by atoms with E-state index in [9.17, 15) is 0 Å². The standard InChI is InChI=1S/C8H12IN3/c1-11-7(5-8(9)10-11)6-12-3-2-4-12/h5H,2-4,6H2,1H3. The molecule has 1 aromatic heterocycles. The molecule has 0 radical (unpaired) electrons. The average molecular weight is 277 g/mol. The van der Waals surface area contributed by atoms with E-state index in [1.165, 1.54) is 25.2 Å². The monoisotopic (exact) mass is 277 g/mol. The topological polar surface area (TPSA) is 21.1 Å². The molecule has 0 aliphatic carbocycles. The van der Waals surface area contributed by atoms with Crippen molar-refractivity contribution in [2.75, 3.05) is 13.1 Å². The van der Waals surface area contributed by atoms with Gasteiger partial charge in [-0.1, -0.05) is 0 Å². The molecule has 12 heavy (non-hydrogen) atoms. The van der Waals surface area contributed by atoms with Gasteiger partial charge in [0.15, 0.2) is 0 Å². The summed E-state index contributed by atoms with van der Waals surface area (Å²) in [6.07, 6.45) is 1.36. The van der Waals surface area contributed by atoms with Crippen LogP contribution in [0.4, 0.5) is 0 Å². The van der Waals surface area contributed by atoms with Gasteiger partial charge in [-0.2, -0.15) is 5.10 Å². The minimum Gasteiger partial charge on any atom is -0.297 e. The molecule has 0 N–H and O–H groups in total. The molecule has 3 nitrogen and oxygen atoms in total. The first-order chi connectivity index (χ1) is 5.75. The largest absolute Gasteiger partial charge is 0.297 e. The molecular formula is C8H12IN3. The lowest BCUT2D eigenvalue weighted by molar-refractivity contribution is 0.168. The van der Waals surface area contributed by atoms with Crippen molar-refractivity contribution >= 4 is 22.6 Å². The van der Waals surface area contributed by atoms with Crippen LogP contribution >= 0.6 is 22.6 Å². The molecular weight excluding hydrogens is 265 g/mol. The molecule has 0 spiro atoms. The van der Waals surface area contributed by atoms with Crippen LogP contribution in [0.5, 0.6) is 0 Å². The third-order valence-corrected chi connectivity index (χ3v) is 2.81. The van der Waals surface area contributed by atoms with Crippen molar-refractivity contribution in [2.45, 2.75) is 13.0 Å². The lowest BCUT2D eigenvalue weighted by Crippen LogP contribution is -2.36. The fourth-order valence-electron chi connectivity index (χ4n) is 1.38. The summed E-state index contributed by atoms with van der Waals surface area (Å²) in [6.45, 7) is 3.57. The van der Waals surface area contributed by atoms with Crippen molar-refractivity contribution in [3.63, 3.8) is 0 Å². The van der Waals surface area contributed by atoms with Gasteiger partial charge in [-0.15, -0.1) is 0 Å². The zero-order valence-corrected chi connectivity index (χ0v) is 9.28. The number of hydrogen-bond acceptors (Lipinski definition) is 2. The van der Waals surface area contributed by atoms with E-state index in [1.54, 1.807) is 0 Å². The third-order valence-electron chi connectivity index (χ3n) is 2.28. The number of aromatic nitrogens is 2. The van der Waals surface area contributed by atoms with Crippen LogP contribution < -0.4 is 0 Å². The Morgan fingerprint density at radius 2 is 2.33 bits per heavy atom. The van der Waals surface area contributed by atoms with Crippen LogP contribution in [0, 0.1) is 3.70 Å². The molecule has 2 heterocycles. The minimum absolute atomic E-state index is 1.06. The van der Waals surface area contributed by atoms with E-state index in [4.69, 9.17) is 0 Å². The summed E-state index contributed by atoms with van der Waals surface area (Å²) in [6, 6.07) is 2.15. The maximum absolute atomic E-state index is 4.30. The zero-order valence-electron chi connectivity index (χ0n) is 7.13. The molecule has 2 rings (SSSR count). The summed E-state index contributed by atoms with van der Waals surface area (Å²) in [5.41, 5.74) is 1.32. The van der Waals surface area contributed by atoms with Gasteiger partial charge in [0.1, 0.15) is 3.70 Å². The van der Waals surface area contributed by atoms with Crippen molar-refractivity contribution in [3.8, 4) is 0 Å². The van der Waals surface area contributed by atoms with Crippen LogP contribution in [0.1, 0.15) is 12.1 Å². The Balaban J connectivity index is 2.05. The highest BCUT2D eigenvalue weighted by Gasteiger charge is 2.15. The smallest absolute Gasteiger partial charge is 0.123 e. The lowest BCUT2D eigenvalue weighted by Gasteiger charge is -2.30. The highest BCUT2D eigenvalue weighted by atomic mass is 127. The van der Waals surface area contributed by atoms with Gasteiger partial charge in [0.05, 0.1) is 5.69 Å². The van der Waals surface area contributed by atoms with Gasteiger partial charge < -0.3 is 0 Å². The Kier molecular flexibility index (Phi) is 2.36. The van der Waals surface area contributed by atoms with Crippen LogP contribution in [0.15, 0.2) is 6.07 Å². The molecule has 0 unspecified atom stereocenters. The number of hydrogen-bond donors (Lipinski definition) is 0. The summed E-state index contributed by atoms with van der Waals surface area (Å²) >= 11 is 2.25. The van der Waals surface area contributed by atoms with Gasteiger partial charge in [0.2, 0.25) is 0 Å². The van der Waals surface area contributed by atoms with E-state index in [2.05, 4.69) is 38.7 Å². The van der Waals surface area contributed by atoms with Gasteiger partial charge in [0.25, 0.3) is 0 Å². The lowest BCUT2D eigenvalue weighted by atomic mass is 10.2. The number of likely N-dealkylation sites (tertiary alicyclic amines) is 1. The summed E-state index contributed by atoms with van der Waals surface area (Å²) < 4.78 is 3.06. The Labute approximate surface area is 85.9 Å². The van der Waals surface area contributed by atoms with Crippen molar-refractivity contribution < 1.29 is 0 Å². The molecule has 1 saturated heterocycles. The molecule has 1 fully saturated rings. The third kappa shape index (κ3) is 1.64. The summed E-state index contributed by atoms with van der Waals surface area (Å²) in [7, 11) is 2.01. The molecule has 1 aliphatic heterocycles. The SMILES string of the molecule is Cn1nc(I)cc1CN1CCC1. The van der Waals surface area contributed by atoms with Crippen LogP contribution in [0.3, 0.4) is 0 Å². The van der Waals surface area contributed by atoms with Crippen LogP contribution in [0.25, 0.3) is 0 Å². The normalized spacial score (nSPS) is 17.8. The fourth-order valence-corrected chi connectivity index (χ4v) is 2.07. The molecule has 0 amide bonds. The van der Waals surface area contributed by atoms with Crippen LogP contribution in [-0.2, 0) is 13.6 Å². The maximum atomic E-state index is 4.30. The molecule has 0 atom stereocenters. The van der Waals surface area contributed by atoms with E-state index in [1.807, 2.05) is 11.7 Å². The highest BCUT2D eigenvalue weighted by molar-refractivity contribution is 14.1. The second-order valence-electron chi connectivity index (χ2n) is 3.21. The van der Waals surface area contributed by atoms with Gasteiger partial charge in [-0.25, -0.2) is 0 Å². The first-order valence-corrected chi connectivity index (χ1v) is 5.24. The molecule has 0 aromatic carbocycles. The van der Waals surface area contributed by atoms with E-state index in [0.29, 0.717) is 0 Å². The van der Waals surface area contributed by atoms with Crippen molar-refractivity contribution in [1.29, 1.82) is 0 Å². The number of aryl methyl sites for hydroxylation is 1. The predicted octanol–water partition coefficient (Wildman–Crippen LogP) is 1.23. The zero-order chi connectivity index (χ0) is 8.55. The number of nitrogens with zero attached hydrogens (tertiary/aromatic N) is 3. The Hall–Kier alpha value is -0.100. The van der Waals surface area contributed by atoms with Gasteiger partial charge in [-0.3, -0.25) is 9.58 Å². The Bertz CT molecular complexity index is 278. The molecule has 1 aromatic rings. The highest BCUT2D eigenvalue weighted by Crippen LogP contribution is 2.13. The van der Waals surface area contributed by atoms with Crippen molar-refractivity contribution in [2.24, 2.45) is 7.05 Å². The maximum Gasteiger partial charge on any atom is 0.123 e. The van der Waals surface area contributed by atoms with E-state index in [-0.39, 0.29) is 0 Å². The average Bonchev–Trinajstić information content (AvgIpc) is 2.21. The predicted molar refractivity (Wildman–Crippen MR) is 55.8 cm³/mol. The summed E-state index contributed by atoms with van der Waals surface area (Å²) in [5, 5.41) is 4.30. The number of halogens is 1. The molecule has 0 saturated carbocycles. The molecule has 66 valence electrons. The van der Waals surface area contributed by atoms with Crippen LogP contribution in [0.2, 0.25) is 0 Å². The van der Waals surface area contributed by atoms with Gasteiger partial charge in [0, 0.05) is 13.6 Å². The Morgan fingerprint density at radius 3 is 2.75 bits per heavy atom. The van der Waals surface area contributed by atoms with Crippen molar-refractivity contribution in [3.05, 3.63) is 15.5 Å². The van der Waals surface area contributed by atoms with Crippen LogP contribution in [-0.4, -0.2) is 27.8 Å². The molecule has 4 heteroatoms. The van der Waals surface area contributed by atoms with E-state index >= 15 is 0 Å². The second-order valence-corrected chi connectivity index (χ2v) is 4.32. The first kappa shape index (κ1) is 8.50. The first-order valence-electron chi connectivity index (χ1n) is 4.16. The van der Waals surface area contributed by atoms with E-state index in [0.717, 1.165) is 10.2 Å². The summed E-state index contributed by atoms with van der Waals surface area (Å²) in [4.78, 5) is 2.44. The number of rotatable bonds is 2. The molecule has 1 aliphatic rings. The minimum atomic E-state index is 1.06. The Morgan fingerprint density at radius 1 is 1.58 bits per heavy atom. The van der Waals surface area contributed by atoms with Crippen molar-refractivity contribution in [1.82, 2.24) is 14.7 Å². The molecule has 0 bridgehead atoms. The quantitative estimate of drug-likeness (QED) is 0.758. The van der Waals surface area contributed by atoms with Gasteiger partial charge >= 0.3 is 0 Å².